The number of hydrogen-bond acceptors (Lipinski definition) is 3. The Morgan fingerprint density at radius 2 is 1.79 bits per heavy atom. The molecule has 6 nitrogen and oxygen atoms in total. The van der Waals surface area contributed by atoms with Gasteiger partial charge in [0, 0.05) is 38.7 Å². The standard InChI is InChI=1S/C23H30N6/c1-23(2,3)20-8-5-18(6-9-20)11-12-26-22(24-4)28-16-19-7-10-21(27-15-19)29-14-13-25-17-29/h5-10,13-15,17H,11-12,16H2,1-4H3,(H2,24,26,28). The fourth-order valence-corrected chi connectivity index (χ4v) is 2.97. The Balaban J connectivity index is 1.45. The van der Waals surface area contributed by atoms with Gasteiger partial charge in [-0.15, -0.1) is 0 Å². The summed E-state index contributed by atoms with van der Waals surface area (Å²) in [7, 11) is 1.79. The number of imidazole rings is 1. The molecular formula is C23H30N6. The molecule has 0 aliphatic rings. The van der Waals surface area contributed by atoms with Crippen LogP contribution in [-0.4, -0.2) is 34.1 Å². The van der Waals surface area contributed by atoms with E-state index in [4.69, 9.17) is 0 Å². The van der Waals surface area contributed by atoms with E-state index >= 15 is 0 Å². The predicted molar refractivity (Wildman–Crippen MR) is 118 cm³/mol. The van der Waals surface area contributed by atoms with Crippen LogP contribution in [0.25, 0.3) is 5.82 Å². The van der Waals surface area contributed by atoms with Crippen molar-refractivity contribution in [1.29, 1.82) is 0 Å². The lowest BCUT2D eigenvalue weighted by Gasteiger charge is -2.19. The highest BCUT2D eigenvalue weighted by atomic mass is 15.2. The molecule has 2 N–H and O–H groups in total. The molecular weight excluding hydrogens is 360 g/mol. The molecule has 6 heteroatoms. The monoisotopic (exact) mass is 390 g/mol. The largest absolute Gasteiger partial charge is 0.356 e. The van der Waals surface area contributed by atoms with E-state index in [-0.39, 0.29) is 5.41 Å². The summed E-state index contributed by atoms with van der Waals surface area (Å²) in [5.74, 6) is 1.64. The lowest BCUT2D eigenvalue weighted by Crippen LogP contribution is -2.37. The van der Waals surface area contributed by atoms with Crippen LogP contribution in [-0.2, 0) is 18.4 Å². The van der Waals surface area contributed by atoms with Crippen molar-refractivity contribution in [2.24, 2.45) is 4.99 Å². The first kappa shape index (κ1) is 20.6. The van der Waals surface area contributed by atoms with Crippen LogP contribution in [0.3, 0.4) is 0 Å². The number of guanidine groups is 1. The van der Waals surface area contributed by atoms with E-state index in [0.717, 1.165) is 30.3 Å². The van der Waals surface area contributed by atoms with Gasteiger partial charge in [0.25, 0.3) is 0 Å². The van der Waals surface area contributed by atoms with E-state index in [2.05, 4.69) is 76.7 Å². The molecule has 0 fully saturated rings. The van der Waals surface area contributed by atoms with Crippen LogP contribution >= 0.6 is 0 Å². The van der Waals surface area contributed by atoms with E-state index in [1.165, 1.54) is 11.1 Å². The molecule has 29 heavy (non-hydrogen) atoms. The van der Waals surface area contributed by atoms with Crippen LogP contribution in [0.2, 0.25) is 0 Å². The first-order valence-electron chi connectivity index (χ1n) is 9.93. The number of aromatic nitrogens is 3. The summed E-state index contributed by atoms with van der Waals surface area (Å²) in [5, 5.41) is 6.71. The van der Waals surface area contributed by atoms with E-state index in [1.54, 1.807) is 19.6 Å². The van der Waals surface area contributed by atoms with Gasteiger partial charge in [0.1, 0.15) is 12.1 Å². The second kappa shape index (κ2) is 9.37. The number of nitrogens with one attached hydrogen (secondary N) is 2. The average molecular weight is 391 g/mol. The van der Waals surface area contributed by atoms with Crippen LogP contribution < -0.4 is 10.6 Å². The highest BCUT2D eigenvalue weighted by Gasteiger charge is 2.12. The zero-order valence-corrected chi connectivity index (χ0v) is 17.7. The Morgan fingerprint density at radius 3 is 2.38 bits per heavy atom. The van der Waals surface area contributed by atoms with Gasteiger partial charge in [-0.05, 0) is 34.6 Å². The highest BCUT2D eigenvalue weighted by Crippen LogP contribution is 2.22. The second-order valence-corrected chi connectivity index (χ2v) is 8.04. The van der Waals surface area contributed by atoms with Crippen molar-refractivity contribution in [3.63, 3.8) is 0 Å². The summed E-state index contributed by atoms with van der Waals surface area (Å²) in [6, 6.07) is 12.9. The lowest BCUT2D eigenvalue weighted by atomic mass is 9.86. The molecule has 0 radical (unpaired) electrons. The summed E-state index contributed by atoms with van der Waals surface area (Å²) in [5.41, 5.74) is 3.96. The van der Waals surface area contributed by atoms with E-state index in [9.17, 15) is 0 Å². The molecule has 0 saturated heterocycles. The van der Waals surface area contributed by atoms with Crippen molar-refractivity contribution in [2.75, 3.05) is 13.6 Å². The third-order valence-corrected chi connectivity index (χ3v) is 4.79. The van der Waals surface area contributed by atoms with Crippen molar-refractivity contribution < 1.29 is 0 Å². The quantitative estimate of drug-likeness (QED) is 0.500. The minimum atomic E-state index is 0.189. The molecule has 2 heterocycles. The maximum Gasteiger partial charge on any atom is 0.191 e. The van der Waals surface area contributed by atoms with Gasteiger partial charge in [0.2, 0.25) is 0 Å². The third-order valence-electron chi connectivity index (χ3n) is 4.79. The highest BCUT2D eigenvalue weighted by molar-refractivity contribution is 5.79. The van der Waals surface area contributed by atoms with Crippen LogP contribution in [0.1, 0.15) is 37.5 Å². The molecule has 2 aromatic heterocycles. The molecule has 152 valence electrons. The number of nitrogens with zero attached hydrogens (tertiary/aromatic N) is 4. The summed E-state index contributed by atoms with van der Waals surface area (Å²) < 4.78 is 1.88. The molecule has 1 aromatic carbocycles. The number of hydrogen-bond donors (Lipinski definition) is 2. The van der Waals surface area contributed by atoms with Gasteiger partial charge in [-0.3, -0.25) is 9.56 Å². The number of pyridine rings is 1. The molecule has 0 unspecified atom stereocenters. The SMILES string of the molecule is CN=C(NCCc1ccc(C(C)(C)C)cc1)NCc1ccc(-n2ccnc2)nc1. The smallest absolute Gasteiger partial charge is 0.191 e. The molecule has 3 rings (SSSR count). The first-order valence-corrected chi connectivity index (χ1v) is 9.93. The van der Waals surface area contributed by atoms with Crippen molar-refractivity contribution in [2.45, 2.75) is 39.2 Å². The van der Waals surface area contributed by atoms with E-state index < -0.39 is 0 Å². The maximum absolute atomic E-state index is 4.47. The normalized spacial score (nSPS) is 12.1. The van der Waals surface area contributed by atoms with Gasteiger partial charge in [-0.1, -0.05) is 51.1 Å². The third kappa shape index (κ3) is 5.91. The van der Waals surface area contributed by atoms with Gasteiger partial charge in [-0.2, -0.15) is 0 Å². The molecule has 0 spiro atoms. The Morgan fingerprint density at radius 1 is 1.03 bits per heavy atom. The molecule has 0 aliphatic carbocycles. The van der Waals surface area contributed by atoms with Crippen LogP contribution in [0.5, 0.6) is 0 Å². The molecule has 3 aromatic rings. The van der Waals surface area contributed by atoms with Crippen molar-refractivity contribution in [3.05, 3.63) is 78.0 Å². The molecule has 0 aliphatic heterocycles. The number of benzene rings is 1. The zero-order valence-electron chi connectivity index (χ0n) is 17.7. The van der Waals surface area contributed by atoms with Gasteiger partial charge in [-0.25, -0.2) is 9.97 Å². The first-order chi connectivity index (χ1) is 14.0. The van der Waals surface area contributed by atoms with Gasteiger partial charge in [0.05, 0.1) is 0 Å². The fraction of sp³-hybridized carbons (Fsp3) is 0.348. The maximum atomic E-state index is 4.47. The Hall–Kier alpha value is -3.15. The molecule has 0 bridgehead atoms. The van der Waals surface area contributed by atoms with Crippen molar-refractivity contribution >= 4 is 5.96 Å². The van der Waals surface area contributed by atoms with Crippen LogP contribution in [0.15, 0.2) is 66.3 Å². The molecule has 0 saturated carbocycles. The average Bonchev–Trinajstić information content (AvgIpc) is 3.25. The molecule has 0 amide bonds. The Bertz CT molecular complexity index is 904. The second-order valence-electron chi connectivity index (χ2n) is 8.04. The topological polar surface area (TPSA) is 67.1 Å². The zero-order chi connectivity index (χ0) is 20.7. The van der Waals surface area contributed by atoms with Gasteiger partial charge < -0.3 is 10.6 Å². The summed E-state index contributed by atoms with van der Waals surface area (Å²) in [6.07, 6.45) is 8.18. The summed E-state index contributed by atoms with van der Waals surface area (Å²) in [4.78, 5) is 12.8. The Labute approximate surface area is 173 Å². The molecule has 0 atom stereocenters. The van der Waals surface area contributed by atoms with Crippen LogP contribution in [0, 0.1) is 0 Å². The van der Waals surface area contributed by atoms with Gasteiger partial charge in [0.15, 0.2) is 5.96 Å². The summed E-state index contributed by atoms with van der Waals surface area (Å²) >= 11 is 0. The fourth-order valence-electron chi connectivity index (χ4n) is 2.97. The summed E-state index contributed by atoms with van der Waals surface area (Å²) in [6.45, 7) is 8.20. The van der Waals surface area contributed by atoms with E-state index in [1.807, 2.05) is 23.0 Å². The lowest BCUT2D eigenvalue weighted by molar-refractivity contribution is 0.590. The minimum absolute atomic E-state index is 0.189. The van der Waals surface area contributed by atoms with Gasteiger partial charge >= 0.3 is 0 Å². The predicted octanol–water partition coefficient (Wildman–Crippen LogP) is 3.47. The van der Waals surface area contributed by atoms with Crippen molar-refractivity contribution in [1.82, 2.24) is 25.2 Å². The van der Waals surface area contributed by atoms with Crippen molar-refractivity contribution in [3.8, 4) is 5.82 Å². The number of aliphatic imine (C=N–C) groups is 1. The van der Waals surface area contributed by atoms with E-state index in [0.29, 0.717) is 6.54 Å². The number of rotatable bonds is 6. The Kier molecular flexibility index (Phi) is 6.65. The minimum Gasteiger partial charge on any atom is -0.356 e. The van der Waals surface area contributed by atoms with Crippen LogP contribution in [0.4, 0.5) is 0 Å².